The number of halogens is 1. The number of benzene rings is 1. The lowest BCUT2D eigenvalue weighted by atomic mass is 10.2. The monoisotopic (exact) mass is 400 g/mol. The molecule has 7 nitrogen and oxygen atoms in total. The summed E-state index contributed by atoms with van der Waals surface area (Å²) in [7, 11) is 0. The molecule has 0 unspecified atom stereocenters. The number of aromatic nitrogens is 1. The van der Waals surface area contributed by atoms with Gasteiger partial charge in [0.05, 0.1) is 4.92 Å². The third-order valence-corrected chi connectivity index (χ3v) is 4.52. The van der Waals surface area contributed by atoms with Crippen LogP contribution >= 0.6 is 22.9 Å². The summed E-state index contributed by atoms with van der Waals surface area (Å²) in [5, 5.41) is 11.5. The Kier molecular flexibility index (Phi) is 3.81. The van der Waals surface area contributed by atoms with Crippen LogP contribution in [0.15, 0.2) is 24.3 Å². The summed E-state index contributed by atoms with van der Waals surface area (Å²) in [4.78, 5) is 27.6. The molecule has 0 spiro atoms. The van der Waals surface area contributed by atoms with Crippen molar-refractivity contribution in [3.8, 4) is 0 Å². The summed E-state index contributed by atoms with van der Waals surface area (Å²) in [6.07, 6.45) is 0. The van der Waals surface area contributed by atoms with E-state index in [4.69, 9.17) is 0 Å². The van der Waals surface area contributed by atoms with Gasteiger partial charge in [-0.05, 0) is 12.1 Å². The van der Waals surface area contributed by atoms with Gasteiger partial charge in [-0.15, -0.1) is 0 Å². The molecule has 0 saturated carbocycles. The Hall–Kier alpha value is -1.68. The quantitative estimate of drug-likeness (QED) is 0.363. The largest absolute Gasteiger partial charge is 0.351 e. The summed E-state index contributed by atoms with van der Waals surface area (Å²) in [6.45, 7) is 3.07. The molecule has 1 amide bonds. The van der Waals surface area contributed by atoms with Crippen LogP contribution in [0.25, 0.3) is 10.9 Å². The summed E-state index contributed by atoms with van der Waals surface area (Å²) in [6, 6.07) is 6.22. The van der Waals surface area contributed by atoms with E-state index in [-0.39, 0.29) is 11.6 Å². The van der Waals surface area contributed by atoms with Crippen LogP contribution in [0.5, 0.6) is 0 Å². The van der Waals surface area contributed by atoms with Gasteiger partial charge >= 0.3 is 0 Å². The van der Waals surface area contributed by atoms with Crippen LogP contribution in [0.1, 0.15) is 10.5 Å². The first-order valence-electron chi connectivity index (χ1n) is 6.52. The van der Waals surface area contributed by atoms with Crippen LogP contribution in [-0.2, 0) is 0 Å². The lowest BCUT2D eigenvalue weighted by Crippen LogP contribution is -2.45. The van der Waals surface area contributed by atoms with Crippen LogP contribution in [0.4, 0.5) is 5.69 Å². The number of nitrogens with zero attached hydrogens (tertiary/aromatic N) is 3. The minimum Gasteiger partial charge on any atom is -0.351 e. The average Bonchev–Trinajstić information content (AvgIpc) is 2.90. The Morgan fingerprint density at radius 2 is 1.95 bits per heavy atom. The second-order valence-electron chi connectivity index (χ2n) is 4.91. The third-order valence-electron chi connectivity index (χ3n) is 3.56. The highest BCUT2D eigenvalue weighted by Crippen LogP contribution is 2.22. The zero-order valence-electron chi connectivity index (χ0n) is 11.1. The van der Waals surface area contributed by atoms with Crippen molar-refractivity contribution in [2.24, 2.45) is 0 Å². The van der Waals surface area contributed by atoms with E-state index in [0.29, 0.717) is 24.2 Å². The molecule has 1 aliphatic rings. The van der Waals surface area contributed by atoms with Crippen LogP contribution in [0.2, 0.25) is 0 Å². The highest BCUT2D eigenvalue weighted by molar-refractivity contribution is 14.1. The maximum Gasteiger partial charge on any atom is 0.270 e. The van der Waals surface area contributed by atoms with E-state index in [1.807, 2.05) is 0 Å². The molecule has 1 aromatic heterocycles. The van der Waals surface area contributed by atoms with Crippen molar-refractivity contribution in [1.29, 1.82) is 0 Å². The molecule has 8 heteroatoms. The van der Waals surface area contributed by atoms with Crippen molar-refractivity contribution in [3.05, 3.63) is 40.1 Å². The smallest absolute Gasteiger partial charge is 0.270 e. The molecule has 110 valence electrons. The fraction of sp³-hybridized carbons (Fsp3) is 0.308. The number of hydrogen-bond donors (Lipinski definition) is 1. The molecular formula is C13H13IN4O3. The predicted octanol–water partition coefficient (Wildman–Crippen LogP) is 2.18. The Balaban J connectivity index is 1.86. The number of piperazine rings is 1. The summed E-state index contributed by atoms with van der Waals surface area (Å²) >= 11 is 2.25. The molecule has 1 saturated heterocycles. The predicted molar refractivity (Wildman–Crippen MR) is 86.4 cm³/mol. The number of nitro benzene ring substituents is 1. The molecule has 1 fully saturated rings. The van der Waals surface area contributed by atoms with Gasteiger partial charge in [-0.1, -0.05) is 0 Å². The number of nitrogens with one attached hydrogen (secondary N) is 1. The van der Waals surface area contributed by atoms with Gasteiger partial charge in [-0.25, -0.2) is 3.11 Å². The molecule has 2 heterocycles. The Morgan fingerprint density at radius 1 is 1.24 bits per heavy atom. The maximum atomic E-state index is 12.4. The standard InChI is InChI=1S/C13H13IN4O3/c14-17-5-3-16(4-6-17)13(19)12-8-9-7-10(18(20)21)1-2-11(9)15-12/h1-2,7-8,15H,3-6H2. The number of nitro groups is 1. The van der Waals surface area contributed by atoms with Gasteiger partial charge in [0.15, 0.2) is 0 Å². The summed E-state index contributed by atoms with van der Waals surface area (Å²) < 4.78 is 2.15. The zero-order valence-corrected chi connectivity index (χ0v) is 13.2. The number of fused-ring (bicyclic) bond motifs is 1. The number of carbonyl (C=O) groups excluding carboxylic acids is 1. The first-order valence-corrected chi connectivity index (χ1v) is 7.48. The van der Waals surface area contributed by atoms with E-state index < -0.39 is 4.92 Å². The van der Waals surface area contributed by atoms with Gasteiger partial charge in [0.2, 0.25) is 0 Å². The fourth-order valence-electron chi connectivity index (χ4n) is 2.40. The lowest BCUT2D eigenvalue weighted by Gasteiger charge is -2.30. The number of H-pyrrole nitrogens is 1. The number of amides is 1. The van der Waals surface area contributed by atoms with Gasteiger partial charge in [0, 0.05) is 72.1 Å². The van der Waals surface area contributed by atoms with Crippen molar-refractivity contribution < 1.29 is 9.72 Å². The topological polar surface area (TPSA) is 82.5 Å². The Morgan fingerprint density at radius 3 is 2.62 bits per heavy atom. The highest BCUT2D eigenvalue weighted by atomic mass is 127. The van der Waals surface area contributed by atoms with Gasteiger partial charge < -0.3 is 9.88 Å². The van der Waals surface area contributed by atoms with Crippen LogP contribution in [-0.4, -0.2) is 50.0 Å². The normalized spacial score (nSPS) is 16.3. The minimum atomic E-state index is -0.437. The molecule has 0 bridgehead atoms. The molecule has 21 heavy (non-hydrogen) atoms. The molecule has 2 aromatic rings. The molecule has 1 aliphatic heterocycles. The average molecular weight is 400 g/mol. The van der Waals surface area contributed by atoms with E-state index in [0.717, 1.165) is 18.6 Å². The van der Waals surface area contributed by atoms with Gasteiger partial charge in [-0.3, -0.25) is 14.9 Å². The van der Waals surface area contributed by atoms with Gasteiger partial charge in [-0.2, -0.15) is 0 Å². The number of aromatic amines is 1. The maximum absolute atomic E-state index is 12.4. The molecule has 0 radical (unpaired) electrons. The SMILES string of the molecule is O=C(c1cc2cc([N+](=O)[O-])ccc2[nH]1)N1CCN(I)CC1. The molecule has 1 N–H and O–H groups in total. The van der Waals surface area contributed by atoms with E-state index in [1.54, 1.807) is 17.0 Å². The van der Waals surface area contributed by atoms with E-state index in [9.17, 15) is 14.9 Å². The lowest BCUT2D eigenvalue weighted by molar-refractivity contribution is -0.384. The summed E-state index contributed by atoms with van der Waals surface area (Å²) in [5.74, 6) is -0.0571. The first kappa shape index (κ1) is 14.3. The van der Waals surface area contributed by atoms with Crippen LogP contribution in [0.3, 0.4) is 0 Å². The fourth-order valence-corrected chi connectivity index (χ4v) is 2.84. The van der Waals surface area contributed by atoms with Gasteiger partial charge in [0.25, 0.3) is 11.6 Å². The zero-order chi connectivity index (χ0) is 15.0. The first-order chi connectivity index (χ1) is 10.0. The van der Waals surface area contributed by atoms with Crippen molar-refractivity contribution in [2.75, 3.05) is 26.2 Å². The molecular weight excluding hydrogens is 387 g/mol. The van der Waals surface area contributed by atoms with Crippen LogP contribution in [0, 0.1) is 10.1 Å². The third kappa shape index (κ3) is 2.86. The minimum absolute atomic E-state index is 0.0269. The number of carbonyl (C=O) groups is 1. The second-order valence-corrected chi connectivity index (χ2v) is 6.28. The molecule has 0 atom stereocenters. The molecule has 1 aromatic carbocycles. The van der Waals surface area contributed by atoms with Gasteiger partial charge in [0.1, 0.15) is 5.69 Å². The number of hydrogen-bond acceptors (Lipinski definition) is 4. The Labute approximate surface area is 134 Å². The van der Waals surface area contributed by atoms with E-state index in [2.05, 4.69) is 31.0 Å². The van der Waals surface area contributed by atoms with Crippen molar-refractivity contribution in [3.63, 3.8) is 0 Å². The van der Waals surface area contributed by atoms with Crippen molar-refractivity contribution in [2.45, 2.75) is 0 Å². The second kappa shape index (κ2) is 5.60. The van der Waals surface area contributed by atoms with Crippen molar-refractivity contribution in [1.82, 2.24) is 13.0 Å². The van der Waals surface area contributed by atoms with E-state index in [1.165, 1.54) is 12.1 Å². The molecule has 3 rings (SSSR count). The molecule has 0 aliphatic carbocycles. The Bertz CT molecular complexity index is 707. The van der Waals surface area contributed by atoms with E-state index >= 15 is 0 Å². The highest BCUT2D eigenvalue weighted by Gasteiger charge is 2.22. The van der Waals surface area contributed by atoms with Crippen molar-refractivity contribution >= 4 is 45.4 Å². The van der Waals surface area contributed by atoms with Crippen LogP contribution < -0.4 is 0 Å². The summed E-state index contributed by atoms with van der Waals surface area (Å²) in [5.41, 5.74) is 1.24. The number of rotatable bonds is 2. The number of non-ortho nitro benzene ring substituents is 1.